The molecule has 5 heteroatoms. The van der Waals surface area contributed by atoms with Crippen LogP contribution in [0.3, 0.4) is 0 Å². The lowest BCUT2D eigenvalue weighted by Gasteiger charge is -2.26. The van der Waals surface area contributed by atoms with Gasteiger partial charge in [-0.2, -0.15) is 0 Å². The summed E-state index contributed by atoms with van der Waals surface area (Å²) in [5.41, 5.74) is 1.55. The van der Waals surface area contributed by atoms with Crippen molar-refractivity contribution in [1.82, 2.24) is 14.9 Å². The van der Waals surface area contributed by atoms with Crippen molar-refractivity contribution in [2.24, 2.45) is 0 Å². The smallest absolute Gasteiger partial charge is 0.273 e. The molecule has 0 saturated heterocycles. The van der Waals surface area contributed by atoms with Gasteiger partial charge in [0.1, 0.15) is 5.69 Å². The highest BCUT2D eigenvalue weighted by atomic mass is 32.1. The Kier molecular flexibility index (Phi) is 4.27. The van der Waals surface area contributed by atoms with Gasteiger partial charge in [-0.25, -0.2) is 4.98 Å². The monoisotopic (exact) mass is 275 g/mol. The van der Waals surface area contributed by atoms with Gasteiger partial charge in [0.15, 0.2) is 0 Å². The number of carbonyl (C=O) groups excluding carboxylic acids is 1. The summed E-state index contributed by atoms with van der Waals surface area (Å²) >= 11 is 1.50. The number of thiazole rings is 1. The lowest BCUT2D eigenvalue weighted by Crippen LogP contribution is -2.36. The molecule has 2 aromatic rings. The van der Waals surface area contributed by atoms with Crippen LogP contribution in [0.4, 0.5) is 0 Å². The number of nitrogens with zero attached hydrogens (tertiary/aromatic N) is 3. The standard InChI is InChI=1S/C14H17N3OS/c1-10(2)17(8-12-5-4-6-15-7-12)14(18)13-9-19-11(3)16-13/h4-7,9-10H,8H2,1-3H3. The van der Waals surface area contributed by atoms with Crippen LogP contribution in [0, 0.1) is 6.92 Å². The molecule has 2 heterocycles. The third-order valence-corrected chi connectivity index (χ3v) is 3.57. The molecule has 2 rings (SSSR count). The van der Waals surface area contributed by atoms with Crippen LogP contribution in [0.1, 0.15) is 34.9 Å². The third-order valence-electron chi connectivity index (χ3n) is 2.80. The van der Waals surface area contributed by atoms with Crippen LogP contribution >= 0.6 is 11.3 Å². The van der Waals surface area contributed by atoms with Gasteiger partial charge in [0.2, 0.25) is 0 Å². The molecule has 0 aliphatic rings. The van der Waals surface area contributed by atoms with Crippen molar-refractivity contribution in [2.45, 2.75) is 33.4 Å². The van der Waals surface area contributed by atoms with Crippen molar-refractivity contribution in [3.63, 3.8) is 0 Å². The second-order valence-electron chi connectivity index (χ2n) is 4.64. The fourth-order valence-corrected chi connectivity index (χ4v) is 2.37. The molecule has 0 unspecified atom stereocenters. The van der Waals surface area contributed by atoms with Gasteiger partial charge < -0.3 is 4.90 Å². The quantitative estimate of drug-likeness (QED) is 0.862. The van der Waals surface area contributed by atoms with Crippen LogP contribution in [0.2, 0.25) is 0 Å². The lowest BCUT2D eigenvalue weighted by molar-refractivity contribution is 0.0685. The number of carbonyl (C=O) groups is 1. The molecule has 0 atom stereocenters. The van der Waals surface area contributed by atoms with E-state index in [4.69, 9.17) is 0 Å². The maximum absolute atomic E-state index is 12.5. The zero-order valence-electron chi connectivity index (χ0n) is 11.3. The Hall–Kier alpha value is -1.75. The minimum Gasteiger partial charge on any atom is -0.330 e. The molecule has 0 N–H and O–H groups in total. The average Bonchev–Trinajstić information content (AvgIpc) is 2.83. The van der Waals surface area contributed by atoms with Crippen molar-refractivity contribution in [1.29, 1.82) is 0 Å². The first-order chi connectivity index (χ1) is 9.08. The molecule has 100 valence electrons. The van der Waals surface area contributed by atoms with Crippen LogP contribution in [0.25, 0.3) is 0 Å². The number of hydrogen-bond donors (Lipinski definition) is 0. The van der Waals surface area contributed by atoms with Gasteiger partial charge in [-0.1, -0.05) is 6.07 Å². The molecule has 2 aromatic heterocycles. The SMILES string of the molecule is Cc1nc(C(=O)N(Cc2cccnc2)C(C)C)cs1. The first kappa shape index (κ1) is 13.7. The third kappa shape index (κ3) is 3.38. The van der Waals surface area contributed by atoms with Crippen LogP contribution in [0.15, 0.2) is 29.9 Å². The normalized spacial score (nSPS) is 10.7. The van der Waals surface area contributed by atoms with Crippen molar-refractivity contribution in [3.05, 3.63) is 46.2 Å². The van der Waals surface area contributed by atoms with E-state index in [-0.39, 0.29) is 11.9 Å². The maximum Gasteiger partial charge on any atom is 0.273 e. The Morgan fingerprint density at radius 3 is 2.79 bits per heavy atom. The van der Waals surface area contributed by atoms with Crippen LogP contribution in [0.5, 0.6) is 0 Å². The van der Waals surface area contributed by atoms with Crippen LogP contribution in [-0.2, 0) is 6.54 Å². The van der Waals surface area contributed by atoms with E-state index in [2.05, 4.69) is 9.97 Å². The molecule has 1 amide bonds. The molecular formula is C14H17N3OS. The van der Waals surface area contributed by atoms with Gasteiger partial charge in [-0.15, -0.1) is 11.3 Å². The highest BCUT2D eigenvalue weighted by molar-refractivity contribution is 7.09. The summed E-state index contributed by atoms with van der Waals surface area (Å²) in [4.78, 5) is 22.6. The summed E-state index contributed by atoms with van der Waals surface area (Å²) in [7, 11) is 0. The van der Waals surface area contributed by atoms with E-state index in [0.29, 0.717) is 12.2 Å². The molecule has 0 fully saturated rings. The van der Waals surface area contributed by atoms with Gasteiger partial charge in [-0.3, -0.25) is 9.78 Å². The molecule has 0 bridgehead atoms. The summed E-state index contributed by atoms with van der Waals surface area (Å²) in [5.74, 6) is -0.0248. The minimum atomic E-state index is -0.0248. The summed E-state index contributed by atoms with van der Waals surface area (Å²) < 4.78 is 0. The van der Waals surface area contributed by atoms with Crippen molar-refractivity contribution < 1.29 is 4.79 Å². The number of rotatable bonds is 4. The zero-order valence-corrected chi connectivity index (χ0v) is 12.1. The molecule has 4 nitrogen and oxygen atoms in total. The number of amides is 1. The Morgan fingerprint density at radius 1 is 1.47 bits per heavy atom. The molecule has 0 aliphatic carbocycles. The van der Waals surface area contributed by atoms with Crippen LogP contribution in [-0.4, -0.2) is 26.8 Å². The topological polar surface area (TPSA) is 46.1 Å². The lowest BCUT2D eigenvalue weighted by atomic mass is 10.2. The van der Waals surface area contributed by atoms with Crippen molar-refractivity contribution in [3.8, 4) is 0 Å². The Morgan fingerprint density at radius 2 is 2.26 bits per heavy atom. The Bertz CT molecular complexity index is 551. The predicted molar refractivity (Wildman–Crippen MR) is 76.1 cm³/mol. The second kappa shape index (κ2) is 5.93. The summed E-state index contributed by atoms with van der Waals surface area (Å²) in [6, 6.07) is 3.97. The van der Waals surface area contributed by atoms with Crippen molar-refractivity contribution in [2.75, 3.05) is 0 Å². The molecule has 19 heavy (non-hydrogen) atoms. The van der Waals surface area contributed by atoms with E-state index >= 15 is 0 Å². The van der Waals surface area contributed by atoms with E-state index in [1.54, 1.807) is 12.4 Å². The fourth-order valence-electron chi connectivity index (χ4n) is 1.79. The van der Waals surface area contributed by atoms with Gasteiger partial charge in [0.25, 0.3) is 5.91 Å². The van der Waals surface area contributed by atoms with E-state index < -0.39 is 0 Å². The van der Waals surface area contributed by atoms with E-state index in [1.807, 2.05) is 43.2 Å². The highest BCUT2D eigenvalue weighted by Crippen LogP contribution is 2.15. The molecular weight excluding hydrogens is 258 g/mol. The van der Waals surface area contributed by atoms with Gasteiger partial charge >= 0.3 is 0 Å². The first-order valence-electron chi connectivity index (χ1n) is 6.20. The first-order valence-corrected chi connectivity index (χ1v) is 7.08. The van der Waals surface area contributed by atoms with Crippen molar-refractivity contribution >= 4 is 17.2 Å². The molecule has 0 radical (unpaired) electrons. The van der Waals surface area contributed by atoms with Gasteiger partial charge in [0.05, 0.1) is 5.01 Å². The molecule has 0 saturated carbocycles. The summed E-state index contributed by atoms with van der Waals surface area (Å²) in [6.45, 7) is 6.48. The van der Waals surface area contributed by atoms with Gasteiger partial charge in [0, 0.05) is 30.4 Å². The second-order valence-corrected chi connectivity index (χ2v) is 5.70. The Labute approximate surface area is 117 Å². The van der Waals surface area contributed by atoms with E-state index in [9.17, 15) is 4.79 Å². The van der Waals surface area contributed by atoms with Crippen LogP contribution < -0.4 is 0 Å². The van der Waals surface area contributed by atoms with Gasteiger partial charge in [-0.05, 0) is 32.4 Å². The zero-order chi connectivity index (χ0) is 13.8. The highest BCUT2D eigenvalue weighted by Gasteiger charge is 2.21. The summed E-state index contributed by atoms with van der Waals surface area (Å²) in [6.07, 6.45) is 3.52. The number of aromatic nitrogens is 2. The summed E-state index contributed by atoms with van der Waals surface area (Å²) in [5, 5.41) is 2.73. The fraction of sp³-hybridized carbons (Fsp3) is 0.357. The molecule has 0 aliphatic heterocycles. The maximum atomic E-state index is 12.5. The average molecular weight is 275 g/mol. The number of pyridine rings is 1. The predicted octanol–water partition coefficient (Wildman–Crippen LogP) is 2.90. The number of aryl methyl sites for hydroxylation is 1. The molecule has 0 aromatic carbocycles. The largest absolute Gasteiger partial charge is 0.330 e. The molecule has 0 spiro atoms. The number of hydrogen-bond acceptors (Lipinski definition) is 4. The Balaban J connectivity index is 2.19. The minimum absolute atomic E-state index is 0.0248. The van der Waals surface area contributed by atoms with E-state index in [1.165, 1.54) is 11.3 Å². The van der Waals surface area contributed by atoms with E-state index in [0.717, 1.165) is 10.6 Å².